The van der Waals surface area contributed by atoms with Crippen LogP contribution in [0.3, 0.4) is 0 Å². The lowest BCUT2D eigenvalue weighted by atomic mass is 10.0. The molecule has 7 nitrogen and oxygen atoms in total. The normalized spacial score (nSPS) is 19.2. The highest BCUT2D eigenvalue weighted by molar-refractivity contribution is 6.43. The van der Waals surface area contributed by atoms with E-state index in [1.807, 2.05) is 6.92 Å². The number of nitrogens with zero attached hydrogens (tertiary/aromatic N) is 4. The fourth-order valence-corrected chi connectivity index (χ4v) is 3.53. The van der Waals surface area contributed by atoms with Gasteiger partial charge < -0.3 is 10.3 Å². The smallest absolute Gasteiger partial charge is 0.256 e. The number of carbonyl (C=O) groups excluding carboxylic acids is 1. The number of carbonyl (C=O) groups is 1. The molecule has 0 radical (unpaired) electrons. The van der Waals surface area contributed by atoms with Crippen molar-refractivity contribution in [2.45, 2.75) is 19.4 Å². The fourth-order valence-electron chi connectivity index (χ4n) is 3.15. The third kappa shape index (κ3) is 3.20. The number of halogens is 3. The Labute approximate surface area is 164 Å². The molecular weight excluding hydrogens is 394 g/mol. The maximum Gasteiger partial charge on any atom is 0.256 e. The first-order valence-corrected chi connectivity index (χ1v) is 8.97. The molecule has 2 N–H and O–H groups in total. The van der Waals surface area contributed by atoms with E-state index < -0.39 is 5.82 Å². The van der Waals surface area contributed by atoms with Crippen LogP contribution in [0.4, 0.5) is 10.3 Å². The number of hydrogen-bond donors (Lipinski definition) is 2. The van der Waals surface area contributed by atoms with Crippen LogP contribution in [0.25, 0.3) is 0 Å². The van der Waals surface area contributed by atoms with Crippen LogP contribution in [0.5, 0.6) is 0 Å². The van der Waals surface area contributed by atoms with Gasteiger partial charge in [0, 0.05) is 12.5 Å². The number of rotatable bonds is 2. The molecule has 2 aliphatic heterocycles. The highest BCUT2D eigenvalue weighted by Gasteiger charge is 2.36. The van der Waals surface area contributed by atoms with Crippen molar-refractivity contribution in [1.82, 2.24) is 25.8 Å². The van der Waals surface area contributed by atoms with E-state index in [1.165, 1.54) is 0 Å². The molecular formula is C17H15Cl2FN6O. The molecule has 1 aromatic heterocycles. The molecule has 0 saturated heterocycles. The highest BCUT2D eigenvalue weighted by atomic mass is 35.5. The molecule has 27 heavy (non-hydrogen) atoms. The molecule has 2 aliphatic rings. The molecule has 1 amide bonds. The standard InChI is InChI=1S/C17H15Cl2FN6O/c1-9-5-14-13(23-24-26(14)17-21-6-10(20)7-22-17)8-25(9)16(27)11-3-2-4-12(18)15(11)19/h2-4,6-7,9,23-24H,5,8H2,1H3. The molecule has 140 valence electrons. The summed E-state index contributed by atoms with van der Waals surface area (Å²) in [6.07, 6.45) is 2.76. The first kappa shape index (κ1) is 18.0. The predicted molar refractivity (Wildman–Crippen MR) is 99.3 cm³/mol. The zero-order chi connectivity index (χ0) is 19.1. The number of nitrogens with one attached hydrogen (secondary N) is 2. The van der Waals surface area contributed by atoms with Crippen LogP contribution in [0.1, 0.15) is 23.7 Å². The number of amides is 1. The van der Waals surface area contributed by atoms with Crippen LogP contribution in [0, 0.1) is 5.82 Å². The monoisotopic (exact) mass is 408 g/mol. The average molecular weight is 409 g/mol. The minimum atomic E-state index is -0.507. The van der Waals surface area contributed by atoms with Gasteiger partial charge in [0.05, 0.1) is 45.9 Å². The van der Waals surface area contributed by atoms with Gasteiger partial charge >= 0.3 is 0 Å². The zero-order valence-corrected chi connectivity index (χ0v) is 15.7. The second kappa shape index (κ2) is 6.95. The Balaban J connectivity index is 1.60. The van der Waals surface area contributed by atoms with Crippen LogP contribution in [0.15, 0.2) is 42.0 Å². The summed E-state index contributed by atoms with van der Waals surface area (Å²) in [5.41, 5.74) is 8.06. The van der Waals surface area contributed by atoms with E-state index in [4.69, 9.17) is 23.2 Å². The Morgan fingerprint density at radius 2 is 2.04 bits per heavy atom. The van der Waals surface area contributed by atoms with Gasteiger partial charge in [-0.15, -0.1) is 5.53 Å². The van der Waals surface area contributed by atoms with Crippen molar-refractivity contribution in [3.8, 4) is 0 Å². The van der Waals surface area contributed by atoms with Gasteiger partial charge in [0.15, 0.2) is 5.82 Å². The van der Waals surface area contributed by atoms with Gasteiger partial charge in [-0.3, -0.25) is 4.79 Å². The van der Waals surface area contributed by atoms with Crippen LogP contribution in [0.2, 0.25) is 10.0 Å². The first-order chi connectivity index (χ1) is 13.0. The Hall–Kier alpha value is -2.42. The Bertz CT molecular complexity index is 936. The lowest BCUT2D eigenvalue weighted by molar-refractivity contribution is 0.0696. The Morgan fingerprint density at radius 3 is 2.78 bits per heavy atom. The molecule has 0 bridgehead atoms. The van der Waals surface area contributed by atoms with Crippen molar-refractivity contribution in [3.05, 3.63) is 63.4 Å². The predicted octanol–water partition coefficient (Wildman–Crippen LogP) is 2.90. The third-order valence-electron chi connectivity index (χ3n) is 4.54. The van der Waals surface area contributed by atoms with Gasteiger partial charge in [-0.05, 0) is 19.1 Å². The largest absolute Gasteiger partial charge is 0.330 e. The number of hydrazine groups is 2. The fraction of sp³-hybridized carbons (Fsp3) is 0.235. The first-order valence-electron chi connectivity index (χ1n) is 8.22. The third-order valence-corrected chi connectivity index (χ3v) is 5.35. The van der Waals surface area contributed by atoms with Crippen molar-refractivity contribution in [2.24, 2.45) is 0 Å². The minimum absolute atomic E-state index is 0.101. The van der Waals surface area contributed by atoms with Crippen molar-refractivity contribution < 1.29 is 9.18 Å². The van der Waals surface area contributed by atoms with Crippen molar-refractivity contribution in [3.63, 3.8) is 0 Å². The summed E-state index contributed by atoms with van der Waals surface area (Å²) in [7, 11) is 0. The van der Waals surface area contributed by atoms with Crippen molar-refractivity contribution in [2.75, 3.05) is 11.6 Å². The Morgan fingerprint density at radius 1 is 1.30 bits per heavy atom. The summed E-state index contributed by atoms with van der Waals surface area (Å²) >= 11 is 12.2. The Kier molecular flexibility index (Phi) is 4.63. The molecule has 2 aromatic rings. The van der Waals surface area contributed by atoms with Gasteiger partial charge in [0.1, 0.15) is 0 Å². The van der Waals surface area contributed by atoms with Crippen molar-refractivity contribution >= 4 is 35.1 Å². The second-order valence-corrected chi connectivity index (χ2v) is 7.07. The summed E-state index contributed by atoms with van der Waals surface area (Å²) in [4.78, 5) is 22.7. The maximum absolute atomic E-state index is 13.1. The van der Waals surface area contributed by atoms with E-state index >= 15 is 0 Å². The number of hydrogen-bond acceptors (Lipinski definition) is 6. The van der Waals surface area contributed by atoms with E-state index in [-0.39, 0.29) is 17.0 Å². The topological polar surface area (TPSA) is 73.4 Å². The summed E-state index contributed by atoms with van der Waals surface area (Å²) in [5.74, 6) is -0.383. The lowest BCUT2D eigenvalue weighted by Gasteiger charge is -2.34. The summed E-state index contributed by atoms with van der Waals surface area (Å²) in [6.45, 7) is 2.30. The molecule has 1 unspecified atom stereocenters. The van der Waals surface area contributed by atoms with E-state index in [1.54, 1.807) is 28.1 Å². The van der Waals surface area contributed by atoms with Crippen LogP contribution >= 0.6 is 23.2 Å². The molecule has 1 atom stereocenters. The summed E-state index contributed by atoms with van der Waals surface area (Å²) < 4.78 is 13.1. The molecule has 0 aliphatic carbocycles. The van der Waals surface area contributed by atoms with E-state index in [0.717, 1.165) is 23.8 Å². The molecule has 10 heteroatoms. The maximum atomic E-state index is 13.1. The molecule has 1 aromatic carbocycles. The van der Waals surface area contributed by atoms with E-state index in [2.05, 4.69) is 20.9 Å². The minimum Gasteiger partial charge on any atom is -0.330 e. The van der Waals surface area contributed by atoms with Crippen LogP contribution in [-0.4, -0.2) is 33.4 Å². The highest BCUT2D eigenvalue weighted by Crippen LogP contribution is 2.32. The second-order valence-electron chi connectivity index (χ2n) is 6.29. The summed E-state index contributed by atoms with van der Waals surface area (Å²) in [6, 6.07) is 4.90. The number of anilines is 1. The molecule has 0 spiro atoms. The van der Waals surface area contributed by atoms with Gasteiger partial charge in [0.2, 0.25) is 5.95 Å². The number of aromatic nitrogens is 2. The van der Waals surface area contributed by atoms with Crippen LogP contribution < -0.4 is 16.0 Å². The van der Waals surface area contributed by atoms with Crippen LogP contribution in [-0.2, 0) is 0 Å². The molecule has 0 fully saturated rings. The van der Waals surface area contributed by atoms with Gasteiger partial charge in [-0.25, -0.2) is 19.4 Å². The van der Waals surface area contributed by atoms with Gasteiger partial charge in [-0.1, -0.05) is 29.3 Å². The van der Waals surface area contributed by atoms with E-state index in [0.29, 0.717) is 29.5 Å². The van der Waals surface area contributed by atoms with Gasteiger partial charge in [-0.2, -0.15) is 0 Å². The van der Waals surface area contributed by atoms with E-state index in [9.17, 15) is 9.18 Å². The molecule has 3 heterocycles. The SMILES string of the molecule is CC1CC2=C(CN1C(=O)c1cccc(Cl)c1Cl)NNN2c1ncc(F)cn1. The average Bonchev–Trinajstić information content (AvgIpc) is 3.06. The number of benzene rings is 1. The van der Waals surface area contributed by atoms with Gasteiger partial charge in [0.25, 0.3) is 5.91 Å². The zero-order valence-electron chi connectivity index (χ0n) is 14.2. The van der Waals surface area contributed by atoms with Crippen molar-refractivity contribution in [1.29, 1.82) is 0 Å². The quantitative estimate of drug-likeness (QED) is 0.795. The molecule has 4 rings (SSSR count). The molecule has 0 saturated carbocycles. The lowest BCUT2D eigenvalue weighted by Crippen LogP contribution is -2.44. The summed E-state index contributed by atoms with van der Waals surface area (Å²) in [5, 5.41) is 2.24.